The number of rotatable bonds is 3. The van der Waals surface area contributed by atoms with E-state index in [-0.39, 0.29) is 0 Å². The number of nitrogens with zero attached hydrogens (tertiary/aromatic N) is 2. The molecule has 0 aromatic heterocycles. The lowest BCUT2D eigenvalue weighted by Gasteiger charge is -2.36. The summed E-state index contributed by atoms with van der Waals surface area (Å²) in [6.45, 7) is 5.12. The molecule has 0 bridgehead atoms. The van der Waals surface area contributed by atoms with Crippen molar-refractivity contribution < 1.29 is 4.74 Å². The number of hydrogen-bond donors (Lipinski definition) is 1. The van der Waals surface area contributed by atoms with E-state index in [1.807, 2.05) is 12.1 Å². The first kappa shape index (κ1) is 14.2. The average Bonchev–Trinajstić information content (AvgIpc) is 2.58. The summed E-state index contributed by atoms with van der Waals surface area (Å²) < 4.78 is 5.23. The molecule has 4 nitrogen and oxygen atoms in total. The Morgan fingerprint density at radius 1 is 1.32 bits per heavy atom. The minimum absolute atomic E-state index is 0.371. The van der Waals surface area contributed by atoms with Crippen LogP contribution in [0.2, 0.25) is 0 Å². The molecule has 2 rings (SSSR count). The molecule has 1 aromatic rings. The molecular weight excluding hydrogens is 238 g/mol. The van der Waals surface area contributed by atoms with Crippen molar-refractivity contribution in [2.24, 2.45) is 5.73 Å². The summed E-state index contributed by atoms with van der Waals surface area (Å²) in [5.41, 5.74) is 7.22. The second kappa shape index (κ2) is 6.26. The smallest absolute Gasteiger partial charge is 0.119 e. The molecule has 1 aliphatic rings. The zero-order valence-corrected chi connectivity index (χ0v) is 12.2. The normalized spacial score (nSPS) is 25.2. The third-order valence-corrected chi connectivity index (χ3v) is 3.96. The number of methoxy groups -OCH3 is 1. The topological polar surface area (TPSA) is 41.7 Å². The van der Waals surface area contributed by atoms with Gasteiger partial charge in [-0.05, 0) is 51.2 Å². The summed E-state index contributed by atoms with van der Waals surface area (Å²) in [6.07, 6.45) is 1.17. The number of nitrogens with two attached hydrogens (primary N) is 1. The number of likely N-dealkylation sites (N-methyl/N-ethyl adjacent to an activating group) is 1. The van der Waals surface area contributed by atoms with Crippen LogP contribution in [0.1, 0.15) is 13.3 Å². The molecule has 2 unspecified atom stereocenters. The van der Waals surface area contributed by atoms with Gasteiger partial charge in [0.05, 0.1) is 13.2 Å². The predicted octanol–water partition coefficient (Wildman–Crippen LogP) is 1.55. The van der Waals surface area contributed by atoms with Gasteiger partial charge >= 0.3 is 0 Å². The minimum Gasteiger partial charge on any atom is -0.497 e. The molecule has 2 atom stereocenters. The molecule has 1 heterocycles. The molecule has 1 saturated heterocycles. The highest BCUT2D eigenvalue weighted by Gasteiger charge is 2.27. The molecule has 1 aliphatic heterocycles. The van der Waals surface area contributed by atoms with E-state index in [9.17, 15) is 0 Å². The first-order chi connectivity index (χ1) is 9.15. The molecule has 0 aliphatic carbocycles. The van der Waals surface area contributed by atoms with Crippen molar-refractivity contribution in [2.75, 3.05) is 38.7 Å². The lowest BCUT2D eigenvalue weighted by Crippen LogP contribution is -2.48. The van der Waals surface area contributed by atoms with Crippen molar-refractivity contribution >= 4 is 5.69 Å². The van der Waals surface area contributed by atoms with E-state index in [4.69, 9.17) is 10.5 Å². The zero-order chi connectivity index (χ0) is 13.8. The van der Waals surface area contributed by atoms with E-state index in [0.717, 1.165) is 18.8 Å². The van der Waals surface area contributed by atoms with Gasteiger partial charge in [-0.2, -0.15) is 0 Å². The fraction of sp³-hybridized carbons (Fsp3) is 0.600. The first-order valence-corrected chi connectivity index (χ1v) is 6.96. The maximum atomic E-state index is 5.99. The monoisotopic (exact) mass is 263 g/mol. The van der Waals surface area contributed by atoms with Crippen molar-refractivity contribution in [2.45, 2.75) is 25.4 Å². The van der Waals surface area contributed by atoms with E-state index in [2.05, 4.69) is 35.9 Å². The first-order valence-electron chi connectivity index (χ1n) is 6.96. The van der Waals surface area contributed by atoms with E-state index in [1.165, 1.54) is 12.1 Å². The standard InChI is InChI=1S/C15H25N3O/c1-12-8-9-17(2)11-14(10-16)18(12)13-4-6-15(19-3)7-5-13/h4-7,12,14H,8-11,16H2,1-3H3. The summed E-state index contributed by atoms with van der Waals surface area (Å²) in [5, 5.41) is 0. The largest absolute Gasteiger partial charge is 0.497 e. The quantitative estimate of drug-likeness (QED) is 0.898. The highest BCUT2D eigenvalue weighted by Crippen LogP contribution is 2.26. The fourth-order valence-electron chi connectivity index (χ4n) is 2.85. The fourth-order valence-corrected chi connectivity index (χ4v) is 2.85. The van der Waals surface area contributed by atoms with Gasteiger partial charge in [-0.3, -0.25) is 0 Å². The highest BCUT2D eigenvalue weighted by molar-refractivity contribution is 5.51. The Kier molecular flexibility index (Phi) is 4.66. The van der Waals surface area contributed by atoms with Crippen molar-refractivity contribution in [1.82, 2.24) is 4.90 Å². The maximum Gasteiger partial charge on any atom is 0.119 e. The van der Waals surface area contributed by atoms with Crippen LogP contribution in [0.4, 0.5) is 5.69 Å². The van der Waals surface area contributed by atoms with Crippen molar-refractivity contribution in [3.8, 4) is 5.75 Å². The van der Waals surface area contributed by atoms with Gasteiger partial charge in [-0.15, -0.1) is 0 Å². The van der Waals surface area contributed by atoms with Crippen molar-refractivity contribution in [3.05, 3.63) is 24.3 Å². The van der Waals surface area contributed by atoms with Gasteiger partial charge in [0.1, 0.15) is 5.75 Å². The summed E-state index contributed by atoms with van der Waals surface area (Å²) in [4.78, 5) is 4.83. The summed E-state index contributed by atoms with van der Waals surface area (Å²) in [5.74, 6) is 0.896. The van der Waals surface area contributed by atoms with Crippen LogP contribution < -0.4 is 15.4 Å². The van der Waals surface area contributed by atoms with Crippen LogP contribution >= 0.6 is 0 Å². The van der Waals surface area contributed by atoms with E-state index in [1.54, 1.807) is 7.11 Å². The van der Waals surface area contributed by atoms with Crippen LogP contribution in [0.3, 0.4) is 0 Å². The van der Waals surface area contributed by atoms with Crippen LogP contribution in [0.5, 0.6) is 5.75 Å². The SMILES string of the molecule is COc1ccc(N2C(C)CCN(C)CC2CN)cc1. The van der Waals surface area contributed by atoms with E-state index in [0.29, 0.717) is 18.6 Å². The van der Waals surface area contributed by atoms with Gasteiger partial charge in [-0.25, -0.2) is 0 Å². The van der Waals surface area contributed by atoms with Gasteiger partial charge in [0.2, 0.25) is 0 Å². The molecule has 0 spiro atoms. The number of benzene rings is 1. The summed E-state index contributed by atoms with van der Waals surface area (Å²) in [7, 11) is 3.87. The van der Waals surface area contributed by atoms with E-state index < -0.39 is 0 Å². The molecule has 106 valence electrons. The van der Waals surface area contributed by atoms with E-state index >= 15 is 0 Å². The molecular formula is C15H25N3O. The summed E-state index contributed by atoms with van der Waals surface area (Å²) in [6, 6.07) is 9.17. The molecule has 19 heavy (non-hydrogen) atoms. The highest BCUT2D eigenvalue weighted by atomic mass is 16.5. The Morgan fingerprint density at radius 3 is 2.58 bits per heavy atom. The molecule has 0 amide bonds. The zero-order valence-electron chi connectivity index (χ0n) is 12.2. The Balaban J connectivity index is 2.26. The lowest BCUT2D eigenvalue weighted by molar-refractivity contribution is 0.332. The molecule has 1 fully saturated rings. The minimum atomic E-state index is 0.371. The Bertz CT molecular complexity index is 393. The number of ether oxygens (including phenoxy) is 1. The van der Waals surface area contributed by atoms with Gasteiger partial charge in [0.25, 0.3) is 0 Å². The third kappa shape index (κ3) is 3.19. The van der Waals surface area contributed by atoms with Gasteiger partial charge < -0.3 is 20.3 Å². The van der Waals surface area contributed by atoms with Crippen LogP contribution in [0, 0.1) is 0 Å². The van der Waals surface area contributed by atoms with Gasteiger partial charge in [0, 0.05) is 24.8 Å². The Labute approximate surface area is 116 Å². The van der Waals surface area contributed by atoms with Gasteiger partial charge in [-0.1, -0.05) is 0 Å². The van der Waals surface area contributed by atoms with Crippen LogP contribution in [0.15, 0.2) is 24.3 Å². The van der Waals surface area contributed by atoms with Crippen LogP contribution in [-0.4, -0.2) is 50.8 Å². The Morgan fingerprint density at radius 2 is 2.00 bits per heavy atom. The average molecular weight is 263 g/mol. The van der Waals surface area contributed by atoms with Gasteiger partial charge in [0.15, 0.2) is 0 Å². The second-order valence-electron chi connectivity index (χ2n) is 5.39. The maximum absolute atomic E-state index is 5.99. The summed E-state index contributed by atoms with van der Waals surface area (Å²) >= 11 is 0. The second-order valence-corrected chi connectivity index (χ2v) is 5.39. The molecule has 0 saturated carbocycles. The molecule has 4 heteroatoms. The van der Waals surface area contributed by atoms with Crippen LogP contribution in [0.25, 0.3) is 0 Å². The third-order valence-electron chi connectivity index (χ3n) is 3.96. The number of hydrogen-bond acceptors (Lipinski definition) is 4. The molecule has 0 radical (unpaired) electrons. The molecule has 2 N–H and O–H groups in total. The predicted molar refractivity (Wildman–Crippen MR) is 79.9 cm³/mol. The van der Waals surface area contributed by atoms with Crippen molar-refractivity contribution in [1.29, 1.82) is 0 Å². The Hall–Kier alpha value is -1.26. The molecule has 1 aromatic carbocycles. The number of anilines is 1. The van der Waals surface area contributed by atoms with Crippen molar-refractivity contribution in [3.63, 3.8) is 0 Å². The lowest BCUT2D eigenvalue weighted by atomic mass is 10.1. The van der Waals surface area contributed by atoms with Crippen LogP contribution in [-0.2, 0) is 0 Å².